The third kappa shape index (κ3) is 3.22. The van der Waals surface area contributed by atoms with Crippen molar-refractivity contribution in [1.82, 2.24) is 14.9 Å². The molecule has 2 aromatic rings. The van der Waals surface area contributed by atoms with Crippen molar-refractivity contribution in [3.63, 3.8) is 0 Å². The van der Waals surface area contributed by atoms with Crippen molar-refractivity contribution in [2.75, 3.05) is 25.1 Å². The van der Waals surface area contributed by atoms with Crippen LogP contribution in [-0.4, -0.2) is 57.5 Å². The smallest absolute Gasteiger partial charge is 0.374 e. The first-order valence-electron chi connectivity index (χ1n) is 7.65. The number of hydrogen-bond donors (Lipinski definition) is 3. The number of nitrogens with zero attached hydrogens (tertiary/aromatic N) is 2. The number of H-pyrrole nitrogens is 1. The SMILES string of the molecule is CCOC(=O)c1nc2ccc(NC3=CC(=O)N(CCO)C3=O)cc2[nH]1. The molecule has 9 nitrogen and oxygen atoms in total. The minimum Gasteiger partial charge on any atom is -0.460 e. The molecule has 1 aliphatic heterocycles. The van der Waals surface area contributed by atoms with Crippen LogP contribution in [0.4, 0.5) is 5.69 Å². The van der Waals surface area contributed by atoms with Crippen molar-refractivity contribution in [2.45, 2.75) is 6.92 Å². The number of fused-ring (bicyclic) bond motifs is 1. The number of imidazole rings is 1. The van der Waals surface area contributed by atoms with Gasteiger partial charge in [-0.1, -0.05) is 0 Å². The average Bonchev–Trinajstić information content (AvgIpc) is 3.12. The predicted octanol–water partition coefficient (Wildman–Crippen LogP) is 0.396. The van der Waals surface area contributed by atoms with E-state index in [4.69, 9.17) is 9.84 Å². The Morgan fingerprint density at radius 1 is 1.40 bits per heavy atom. The Balaban J connectivity index is 1.81. The van der Waals surface area contributed by atoms with E-state index in [0.29, 0.717) is 16.7 Å². The summed E-state index contributed by atoms with van der Waals surface area (Å²) in [6.45, 7) is 1.60. The molecule has 3 N–H and O–H groups in total. The summed E-state index contributed by atoms with van der Waals surface area (Å²) in [6.07, 6.45) is 1.18. The maximum atomic E-state index is 12.1. The van der Waals surface area contributed by atoms with Crippen molar-refractivity contribution in [1.29, 1.82) is 0 Å². The number of aliphatic hydroxyl groups is 1. The van der Waals surface area contributed by atoms with Crippen molar-refractivity contribution in [2.24, 2.45) is 0 Å². The van der Waals surface area contributed by atoms with Gasteiger partial charge in [0.05, 0.1) is 30.8 Å². The third-order valence-corrected chi connectivity index (χ3v) is 3.56. The largest absolute Gasteiger partial charge is 0.460 e. The second-order valence-corrected chi connectivity index (χ2v) is 5.24. The van der Waals surface area contributed by atoms with Crippen LogP contribution < -0.4 is 5.32 Å². The molecule has 1 aromatic heterocycles. The van der Waals surface area contributed by atoms with Gasteiger partial charge in [0.2, 0.25) is 5.82 Å². The molecule has 1 aromatic carbocycles. The fourth-order valence-corrected chi connectivity index (χ4v) is 2.45. The van der Waals surface area contributed by atoms with Gasteiger partial charge in [-0.05, 0) is 25.1 Å². The van der Waals surface area contributed by atoms with E-state index in [1.165, 1.54) is 6.08 Å². The van der Waals surface area contributed by atoms with Crippen molar-refractivity contribution >= 4 is 34.5 Å². The molecule has 25 heavy (non-hydrogen) atoms. The van der Waals surface area contributed by atoms with Crippen LogP contribution in [0.15, 0.2) is 30.0 Å². The Morgan fingerprint density at radius 2 is 2.20 bits per heavy atom. The lowest BCUT2D eigenvalue weighted by molar-refractivity contribution is -0.137. The summed E-state index contributed by atoms with van der Waals surface area (Å²) >= 11 is 0. The molecule has 0 radical (unpaired) electrons. The Kier molecular flexibility index (Phi) is 4.48. The van der Waals surface area contributed by atoms with Crippen molar-refractivity contribution in [3.05, 3.63) is 35.8 Å². The number of aromatic nitrogens is 2. The topological polar surface area (TPSA) is 125 Å². The monoisotopic (exact) mass is 344 g/mol. The molecule has 3 rings (SSSR count). The molecule has 0 saturated carbocycles. The highest BCUT2D eigenvalue weighted by atomic mass is 16.5. The lowest BCUT2D eigenvalue weighted by atomic mass is 10.2. The molecule has 0 aliphatic carbocycles. The molecular formula is C16H16N4O5. The third-order valence-electron chi connectivity index (χ3n) is 3.56. The minimum atomic E-state index is -0.549. The highest BCUT2D eigenvalue weighted by Gasteiger charge is 2.30. The van der Waals surface area contributed by atoms with Gasteiger partial charge in [0.15, 0.2) is 0 Å². The molecule has 0 saturated heterocycles. The number of nitrogens with one attached hydrogen (secondary N) is 2. The van der Waals surface area contributed by atoms with E-state index in [-0.39, 0.29) is 31.3 Å². The molecule has 0 spiro atoms. The lowest BCUT2D eigenvalue weighted by Gasteiger charge is -2.13. The molecule has 2 amide bonds. The van der Waals surface area contributed by atoms with Gasteiger partial charge in [-0.15, -0.1) is 0 Å². The van der Waals surface area contributed by atoms with Gasteiger partial charge in [0.1, 0.15) is 5.70 Å². The van der Waals surface area contributed by atoms with Gasteiger partial charge in [0, 0.05) is 11.8 Å². The zero-order valence-corrected chi connectivity index (χ0v) is 13.4. The minimum absolute atomic E-state index is 0.0537. The van der Waals surface area contributed by atoms with Crippen molar-refractivity contribution < 1.29 is 24.2 Å². The number of carbonyl (C=O) groups is 3. The zero-order chi connectivity index (χ0) is 18.0. The van der Waals surface area contributed by atoms with Gasteiger partial charge in [-0.2, -0.15) is 0 Å². The fourth-order valence-electron chi connectivity index (χ4n) is 2.45. The summed E-state index contributed by atoms with van der Waals surface area (Å²) in [5.74, 6) is -1.44. The van der Waals surface area contributed by atoms with Crippen LogP contribution in [0, 0.1) is 0 Å². The summed E-state index contributed by atoms with van der Waals surface area (Å²) in [5, 5.41) is 11.8. The molecule has 130 valence electrons. The molecule has 9 heteroatoms. The maximum Gasteiger partial charge on any atom is 0.374 e. The number of rotatable bonds is 6. The molecule has 2 heterocycles. The Bertz CT molecular complexity index is 886. The lowest BCUT2D eigenvalue weighted by Crippen LogP contribution is -2.34. The molecular weight excluding hydrogens is 328 g/mol. The standard InChI is InChI=1S/C16H16N4O5/c1-2-25-16(24)14-18-10-4-3-9(7-11(10)19-14)17-12-8-13(22)20(5-6-21)15(12)23/h3-4,7-8,17,21H,2,5-6H2,1H3,(H,18,19). The second kappa shape index (κ2) is 6.73. The van der Waals surface area contributed by atoms with Crippen LogP contribution in [0.25, 0.3) is 11.0 Å². The van der Waals surface area contributed by atoms with E-state index in [2.05, 4.69) is 15.3 Å². The van der Waals surface area contributed by atoms with Crippen LogP contribution in [-0.2, 0) is 14.3 Å². The van der Waals surface area contributed by atoms with Gasteiger partial charge in [0.25, 0.3) is 11.8 Å². The second-order valence-electron chi connectivity index (χ2n) is 5.24. The highest BCUT2D eigenvalue weighted by molar-refractivity contribution is 6.17. The van der Waals surface area contributed by atoms with Crippen LogP contribution in [0.2, 0.25) is 0 Å². The van der Waals surface area contributed by atoms with E-state index in [1.807, 2.05) is 0 Å². The van der Waals surface area contributed by atoms with E-state index in [9.17, 15) is 14.4 Å². The zero-order valence-electron chi connectivity index (χ0n) is 13.4. The number of aromatic amines is 1. The number of aliphatic hydroxyl groups excluding tert-OH is 1. The summed E-state index contributed by atoms with van der Waals surface area (Å²) in [4.78, 5) is 43.5. The summed E-state index contributed by atoms with van der Waals surface area (Å²) < 4.78 is 4.89. The molecule has 0 atom stereocenters. The number of esters is 1. The van der Waals surface area contributed by atoms with E-state index >= 15 is 0 Å². The highest BCUT2D eigenvalue weighted by Crippen LogP contribution is 2.21. The Labute approximate surface area is 142 Å². The van der Waals surface area contributed by atoms with Gasteiger partial charge in [-0.3, -0.25) is 14.5 Å². The van der Waals surface area contributed by atoms with E-state index < -0.39 is 17.8 Å². The van der Waals surface area contributed by atoms with Crippen LogP contribution in [0.1, 0.15) is 17.5 Å². The first kappa shape index (κ1) is 16.7. The number of amides is 2. The van der Waals surface area contributed by atoms with Gasteiger partial charge in [-0.25, -0.2) is 9.78 Å². The quantitative estimate of drug-likeness (QED) is 0.511. The van der Waals surface area contributed by atoms with Crippen LogP contribution >= 0.6 is 0 Å². The van der Waals surface area contributed by atoms with E-state index in [0.717, 1.165) is 4.90 Å². The number of β-amino-alcohol motifs (C(OH)–C–C–N with tert-alkyl or cyclic N) is 1. The fraction of sp³-hybridized carbons (Fsp3) is 0.250. The molecule has 0 unspecified atom stereocenters. The van der Waals surface area contributed by atoms with Crippen LogP contribution in [0.3, 0.4) is 0 Å². The summed E-state index contributed by atoms with van der Waals surface area (Å²) in [7, 11) is 0. The normalized spacial score (nSPS) is 14.2. The maximum absolute atomic E-state index is 12.1. The summed E-state index contributed by atoms with van der Waals surface area (Å²) in [6, 6.07) is 5.01. The number of benzene rings is 1. The molecule has 0 bridgehead atoms. The van der Waals surface area contributed by atoms with Gasteiger partial charge >= 0.3 is 5.97 Å². The Morgan fingerprint density at radius 3 is 2.92 bits per heavy atom. The Hall–Kier alpha value is -3.20. The molecule has 1 aliphatic rings. The first-order chi connectivity index (χ1) is 12.0. The number of hydrogen-bond acceptors (Lipinski definition) is 7. The number of imide groups is 1. The average molecular weight is 344 g/mol. The number of anilines is 1. The number of ether oxygens (including phenoxy) is 1. The van der Waals surface area contributed by atoms with Gasteiger partial charge < -0.3 is 20.1 Å². The molecule has 0 fully saturated rings. The predicted molar refractivity (Wildman–Crippen MR) is 87.6 cm³/mol. The van der Waals surface area contributed by atoms with Crippen LogP contribution in [0.5, 0.6) is 0 Å². The van der Waals surface area contributed by atoms with Crippen molar-refractivity contribution in [3.8, 4) is 0 Å². The van der Waals surface area contributed by atoms with E-state index in [1.54, 1.807) is 25.1 Å². The summed E-state index contributed by atoms with van der Waals surface area (Å²) in [5.41, 5.74) is 1.81. The first-order valence-corrected chi connectivity index (χ1v) is 7.65. The number of carbonyl (C=O) groups excluding carboxylic acids is 3.